The second-order valence-corrected chi connectivity index (χ2v) is 8.57. The first-order chi connectivity index (χ1) is 15.2. The number of aromatic nitrogens is 2. The van der Waals surface area contributed by atoms with Gasteiger partial charge in [0.25, 0.3) is 5.91 Å². The number of ether oxygens (including phenoxy) is 1. The standard InChI is InChI=1S/C24H27N3O5/c1-4-32-21(28)20-19-18(9-6-11-23(19,2)30)27(25-20)17-8-5-7-16(15-17)10-12-24(31)13-14-26(3)22(24)29/h5,7-8,15,30-31H,4,6,9,11,13-14H2,1-3H3/t23-,24+/m1/s1. The monoisotopic (exact) mass is 437 g/mol. The summed E-state index contributed by atoms with van der Waals surface area (Å²) in [6.07, 6.45) is 2.22. The van der Waals surface area contributed by atoms with Gasteiger partial charge in [0.1, 0.15) is 0 Å². The third kappa shape index (κ3) is 3.78. The molecular weight excluding hydrogens is 410 g/mol. The topological polar surface area (TPSA) is 105 Å². The van der Waals surface area contributed by atoms with Crippen LogP contribution in [0.3, 0.4) is 0 Å². The number of likely N-dealkylation sites (N-methyl/N-ethyl adjacent to an activating group) is 1. The molecule has 1 aromatic heterocycles. The molecule has 168 valence electrons. The third-order valence-corrected chi connectivity index (χ3v) is 6.08. The van der Waals surface area contributed by atoms with Crippen LogP contribution in [-0.2, 0) is 21.6 Å². The molecule has 0 radical (unpaired) electrons. The van der Waals surface area contributed by atoms with Gasteiger partial charge in [-0.3, -0.25) is 4.79 Å². The van der Waals surface area contributed by atoms with Crippen LogP contribution >= 0.6 is 0 Å². The molecule has 2 aromatic rings. The average Bonchev–Trinajstić information content (AvgIpc) is 3.28. The Morgan fingerprint density at radius 1 is 1.31 bits per heavy atom. The summed E-state index contributed by atoms with van der Waals surface area (Å²) in [5.41, 5.74) is -0.189. The van der Waals surface area contributed by atoms with E-state index in [0.717, 1.165) is 12.1 Å². The molecule has 0 unspecified atom stereocenters. The summed E-state index contributed by atoms with van der Waals surface area (Å²) in [6, 6.07) is 7.19. The number of hydrogen-bond acceptors (Lipinski definition) is 6. The number of hydrogen-bond donors (Lipinski definition) is 2. The van der Waals surface area contributed by atoms with Gasteiger partial charge >= 0.3 is 5.97 Å². The maximum absolute atomic E-state index is 12.6. The molecule has 0 spiro atoms. The van der Waals surface area contributed by atoms with Gasteiger partial charge in [-0.05, 0) is 51.3 Å². The molecule has 0 saturated carbocycles. The van der Waals surface area contributed by atoms with Crippen LogP contribution in [0.15, 0.2) is 24.3 Å². The van der Waals surface area contributed by atoms with Crippen LogP contribution in [0.1, 0.15) is 60.4 Å². The van der Waals surface area contributed by atoms with Crippen LogP contribution in [0.4, 0.5) is 0 Å². The van der Waals surface area contributed by atoms with Crippen LogP contribution in [0.25, 0.3) is 5.69 Å². The lowest BCUT2D eigenvalue weighted by atomic mass is 9.82. The van der Waals surface area contributed by atoms with Gasteiger partial charge in [0.15, 0.2) is 5.69 Å². The van der Waals surface area contributed by atoms with E-state index in [-0.39, 0.29) is 18.7 Å². The van der Waals surface area contributed by atoms with Crippen molar-refractivity contribution >= 4 is 11.9 Å². The summed E-state index contributed by atoms with van der Waals surface area (Å²) in [5.74, 6) is 4.66. The van der Waals surface area contributed by atoms with Crippen molar-refractivity contribution in [3.8, 4) is 17.5 Å². The zero-order valence-corrected chi connectivity index (χ0v) is 18.5. The fourth-order valence-corrected chi connectivity index (χ4v) is 4.39. The fourth-order valence-electron chi connectivity index (χ4n) is 4.39. The Morgan fingerprint density at radius 3 is 2.78 bits per heavy atom. The molecule has 2 atom stereocenters. The van der Waals surface area contributed by atoms with E-state index >= 15 is 0 Å². The van der Waals surface area contributed by atoms with Crippen molar-refractivity contribution in [2.24, 2.45) is 0 Å². The number of benzene rings is 1. The number of amides is 1. The molecule has 2 aliphatic rings. The van der Waals surface area contributed by atoms with Crippen molar-refractivity contribution in [2.75, 3.05) is 20.2 Å². The van der Waals surface area contributed by atoms with Crippen LogP contribution in [0, 0.1) is 11.8 Å². The van der Waals surface area contributed by atoms with Crippen molar-refractivity contribution in [3.05, 3.63) is 46.8 Å². The van der Waals surface area contributed by atoms with Crippen molar-refractivity contribution in [2.45, 2.75) is 50.7 Å². The predicted octanol–water partition coefficient (Wildman–Crippen LogP) is 1.54. The maximum Gasteiger partial charge on any atom is 0.359 e. The van der Waals surface area contributed by atoms with Gasteiger partial charge in [0.2, 0.25) is 5.60 Å². The van der Waals surface area contributed by atoms with Gasteiger partial charge in [-0.2, -0.15) is 5.10 Å². The van der Waals surface area contributed by atoms with Crippen LogP contribution < -0.4 is 0 Å². The molecule has 1 aliphatic heterocycles. The Labute approximate surface area is 186 Å². The predicted molar refractivity (Wildman–Crippen MR) is 116 cm³/mol. The molecule has 0 bridgehead atoms. The maximum atomic E-state index is 12.6. The van der Waals surface area contributed by atoms with Gasteiger partial charge in [0.05, 0.1) is 23.6 Å². The number of carbonyl (C=O) groups is 2. The molecule has 32 heavy (non-hydrogen) atoms. The van der Waals surface area contributed by atoms with Crippen molar-refractivity contribution in [1.82, 2.24) is 14.7 Å². The van der Waals surface area contributed by atoms with E-state index < -0.39 is 23.1 Å². The molecule has 2 heterocycles. The minimum atomic E-state index is -1.68. The number of likely N-dealkylation sites (tertiary alicyclic amines) is 1. The van der Waals surface area contributed by atoms with E-state index in [9.17, 15) is 19.8 Å². The Morgan fingerprint density at radius 2 is 2.09 bits per heavy atom. The van der Waals surface area contributed by atoms with Crippen LogP contribution in [-0.4, -0.2) is 62.6 Å². The largest absolute Gasteiger partial charge is 0.461 e. The Kier molecular flexibility index (Phi) is 5.57. The van der Waals surface area contributed by atoms with E-state index in [0.29, 0.717) is 36.2 Å². The molecule has 1 aromatic carbocycles. The number of fused-ring (bicyclic) bond motifs is 1. The van der Waals surface area contributed by atoms with Gasteiger partial charge in [-0.25, -0.2) is 9.48 Å². The SMILES string of the molecule is CCOC(=O)c1nn(-c2cccc(C#C[C@]3(O)CCN(C)C3=O)c2)c2c1[C@](C)(O)CCC2. The number of nitrogens with zero attached hydrogens (tertiary/aromatic N) is 3. The Bertz CT molecular complexity index is 1140. The summed E-state index contributed by atoms with van der Waals surface area (Å²) in [4.78, 5) is 26.2. The summed E-state index contributed by atoms with van der Waals surface area (Å²) >= 11 is 0. The highest BCUT2D eigenvalue weighted by atomic mass is 16.5. The second-order valence-electron chi connectivity index (χ2n) is 8.57. The fraction of sp³-hybridized carbons (Fsp3) is 0.458. The van der Waals surface area contributed by atoms with Crippen LogP contribution in [0.2, 0.25) is 0 Å². The molecule has 1 fully saturated rings. The third-order valence-electron chi connectivity index (χ3n) is 6.08. The molecule has 4 rings (SSSR count). The van der Waals surface area contributed by atoms with E-state index in [1.807, 2.05) is 6.07 Å². The highest BCUT2D eigenvalue weighted by Gasteiger charge is 2.42. The summed E-state index contributed by atoms with van der Waals surface area (Å²) in [6.45, 7) is 4.09. The van der Waals surface area contributed by atoms with E-state index in [4.69, 9.17) is 4.74 Å². The van der Waals surface area contributed by atoms with E-state index in [2.05, 4.69) is 16.9 Å². The second kappa shape index (κ2) is 8.08. The normalized spacial score (nSPS) is 24.7. The highest BCUT2D eigenvalue weighted by Crippen LogP contribution is 2.38. The Hall–Kier alpha value is -3.15. The molecule has 8 nitrogen and oxygen atoms in total. The number of rotatable bonds is 3. The highest BCUT2D eigenvalue weighted by molar-refractivity contribution is 5.91. The van der Waals surface area contributed by atoms with Gasteiger partial charge in [-0.15, -0.1) is 0 Å². The first-order valence-corrected chi connectivity index (χ1v) is 10.8. The quantitative estimate of drug-likeness (QED) is 0.558. The molecule has 8 heteroatoms. The first kappa shape index (κ1) is 22.1. The van der Waals surface area contributed by atoms with Gasteiger partial charge in [-0.1, -0.05) is 17.9 Å². The summed E-state index contributed by atoms with van der Waals surface area (Å²) in [5, 5.41) is 26.0. The zero-order chi connectivity index (χ0) is 23.1. The summed E-state index contributed by atoms with van der Waals surface area (Å²) in [7, 11) is 1.64. The molecule has 1 saturated heterocycles. The molecular formula is C24H27N3O5. The number of esters is 1. The first-order valence-electron chi connectivity index (χ1n) is 10.8. The Balaban J connectivity index is 1.75. The lowest BCUT2D eigenvalue weighted by Crippen LogP contribution is -2.37. The minimum absolute atomic E-state index is 0.122. The zero-order valence-electron chi connectivity index (χ0n) is 18.5. The smallest absolute Gasteiger partial charge is 0.359 e. The molecule has 2 N–H and O–H groups in total. The molecule has 1 aliphatic carbocycles. The van der Waals surface area contributed by atoms with Crippen molar-refractivity contribution < 1.29 is 24.5 Å². The van der Waals surface area contributed by atoms with Crippen molar-refractivity contribution in [1.29, 1.82) is 0 Å². The lowest BCUT2D eigenvalue weighted by Gasteiger charge is -2.29. The van der Waals surface area contributed by atoms with E-state index in [1.165, 1.54) is 4.90 Å². The van der Waals surface area contributed by atoms with Crippen molar-refractivity contribution in [3.63, 3.8) is 0 Å². The van der Waals surface area contributed by atoms with E-state index in [1.54, 1.807) is 43.8 Å². The summed E-state index contributed by atoms with van der Waals surface area (Å²) < 4.78 is 6.83. The molecule has 1 amide bonds. The van der Waals surface area contributed by atoms with Crippen LogP contribution in [0.5, 0.6) is 0 Å². The number of aliphatic hydroxyl groups is 2. The number of carbonyl (C=O) groups excluding carboxylic acids is 2. The average molecular weight is 437 g/mol. The lowest BCUT2D eigenvalue weighted by molar-refractivity contribution is -0.137. The minimum Gasteiger partial charge on any atom is -0.461 e. The van der Waals surface area contributed by atoms with Gasteiger partial charge < -0.3 is 19.8 Å². The van der Waals surface area contributed by atoms with Gasteiger partial charge in [0, 0.05) is 31.1 Å².